The maximum Gasteiger partial charge on any atom is 0.215 e. The quantitative estimate of drug-likeness (QED) is 0.606. The fourth-order valence-electron chi connectivity index (χ4n) is 1.62. The van der Waals surface area contributed by atoms with Crippen molar-refractivity contribution < 1.29 is 32.8 Å². The van der Waals surface area contributed by atoms with E-state index >= 15 is 0 Å². The van der Waals surface area contributed by atoms with Crippen molar-refractivity contribution in [3.05, 3.63) is 0 Å². The van der Waals surface area contributed by atoms with E-state index in [2.05, 4.69) is 13.1 Å². The molecule has 0 atom stereocenters. The Labute approximate surface area is 134 Å². The summed E-state index contributed by atoms with van der Waals surface area (Å²) in [7, 11) is -1.84. The molecule has 7 nitrogen and oxygen atoms in total. The molecule has 1 saturated heterocycles. The van der Waals surface area contributed by atoms with E-state index in [4.69, 9.17) is 32.8 Å². The standard InChI is InChI=1S/C14H30O7Si/c1-22(2)14-20-12-10-18-8-6-16-4-3-15-5-7-17-9-11-19-13-21-22/h3-14H2,1-2H3. The normalized spacial score (nSPS) is 25.4. The molecular weight excluding hydrogens is 308 g/mol. The zero-order valence-electron chi connectivity index (χ0n) is 13.8. The minimum atomic E-state index is -1.84. The minimum Gasteiger partial charge on any atom is -0.393 e. The van der Waals surface area contributed by atoms with Crippen molar-refractivity contribution in [3.63, 3.8) is 0 Å². The zero-order chi connectivity index (χ0) is 15.9. The molecule has 0 aromatic carbocycles. The van der Waals surface area contributed by atoms with Crippen LogP contribution in [0.5, 0.6) is 0 Å². The van der Waals surface area contributed by atoms with Crippen LogP contribution in [0.1, 0.15) is 0 Å². The Morgan fingerprint density at radius 2 is 0.864 bits per heavy atom. The summed E-state index contributed by atoms with van der Waals surface area (Å²) in [6, 6.07) is 0. The Morgan fingerprint density at radius 3 is 1.32 bits per heavy atom. The second-order valence-corrected chi connectivity index (χ2v) is 9.53. The molecule has 1 aliphatic heterocycles. The minimum absolute atomic E-state index is 0.288. The van der Waals surface area contributed by atoms with Crippen molar-refractivity contribution in [1.29, 1.82) is 0 Å². The molecule has 0 radical (unpaired) electrons. The molecule has 1 fully saturated rings. The predicted molar refractivity (Wildman–Crippen MR) is 83.5 cm³/mol. The van der Waals surface area contributed by atoms with E-state index in [1.807, 2.05) is 0 Å². The lowest BCUT2D eigenvalue weighted by molar-refractivity contribution is -0.0408. The van der Waals surface area contributed by atoms with Crippen molar-refractivity contribution >= 4 is 8.32 Å². The van der Waals surface area contributed by atoms with Gasteiger partial charge in [-0.05, 0) is 13.1 Å². The molecule has 1 aliphatic rings. The van der Waals surface area contributed by atoms with Gasteiger partial charge in [0.05, 0.1) is 72.3 Å². The molecular formula is C14H30O7Si. The number of ether oxygens (including phenoxy) is 6. The summed E-state index contributed by atoms with van der Waals surface area (Å²) < 4.78 is 38.3. The van der Waals surface area contributed by atoms with Gasteiger partial charge in [-0.15, -0.1) is 0 Å². The lowest BCUT2D eigenvalue weighted by Crippen LogP contribution is -2.38. The van der Waals surface area contributed by atoms with Gasteiger partial charge >= 0.3 is 0 Å². The van der Waals surface area contributed by atoms with Crippen LogP contribution in [0.25, 0.3) is 0 Å². The third kappa shape index (κ3) is 12.5. The summed E-state index contributed by atoms with van der Waals surface area (Å²) in [6.07, 6.45) is 0.629. The van der Waals surface area contributed by atoms with Crippen LogP contribution in [0.3, 0.4) is 0 Å². The molecule has 0 aromatic heterocycles. The highest BCUT2D eigenvalue weighted by atomic mass is 28.4. The van der Waals surface area contributed by atoms with Crippen molar-refractivity contribution in [2.24, 2.45) is 0 Å². The van der Waals surface area contributed by atoms with Crippen LogP contribution in [-0.2, 0) is 32.8 Å². The third-order valence-corrected chi connectivity index (χ3v) is 4.64. The average Bonchev–Trinajstić information content (AvgIpc) is 2.48. The summed E-state index contributed by atoms with van der Waals surface area (Å²) in [4.78, 5) is 0. The maximum absolute atomic E-state index is 5.76. The topological polar surface area (TPSA) is 64.6 Å². The van der Waals surface area contributed by atoms with Crippen molar-refractivity contribution in [3.8, 4) is 0 Å². The molecule has 0 amide bonds. The van der Waals surface area contributed by atoms with Crippen LogP contribution < -0.4 is 0 Å². The first-order chi connectivity index (χ1) is 10.7. The van der Waals surface area contributed by atoms with Gasteiger partial charge in [-0.1, -0.05) is 0 Å². The van der Waals surface area contributed by atoms with E-state index in [1.54, 1.807) is 0 Å². The fourth-order valence-corrected chi connectivity index (χ4v) is 2.74. The lowest BCUT2D eigenvalue weighted by Gasteiger charge is -2.22. The molecule has 0 N–H and O–H groups in total. The molecule has 1 heterocycles. The van der Waals surface area contributed by atoms with E-state index in [1.165, 1.54) is 0 Å². The molecule has 22 heavy (non-hydrogen) atoms. The van der Waals surface area contributed by atoms with Gasteiger partial charge in [0.2, 0.25) is 8.32 Å². The van der Waals surface area contributed by atoms with Crippen LogP contribution in [0.4, 0.5) is 0 Å². The van der Waals surface area contributed by atoms with E-state index < -0.39 is 8.32 Å². The van der Waals surface area contributed by atoms with Gasteiger partial charge in [0.1, 0.15) is 6.79 Å². The van der Waals surface area contributed by atoms with Gasteiger partial charge in [0.15, 0.2) is 0 Å². The molecule has 0 saturated carbocycles. The molecule has 0 spiro atoms. The first-order valence-electron chi connectivity index (χ1n) is 7.81. The zero-order valence-corrected chi connectivity index (χ0v) is 14.8. The van der Waals surface area contributed by atoms with Crippen molar-refractivity contribution in [2.75, 3.05) is 79.1 Å². The predicted octanol–water partition coefficient (Wildman–Crippen LogP) is 0.818. The first-order valence-corrected chi connectivity index (χ1v) is 10.9. The van der Waals surface area contributed by atoms with E-state index in [0.717, 1.165) is 0 Å². The largest absolute Gasteiger partial charge is 0.393 e. The fraction of sp³-hybridized carbons (Fsp3) is 1.00. The van der Waals surface area contributed by atoms with Gasteiger partial charge in [0, 0.05) is 0 Å². The van der Waals surface area contributed by atoms with Crippen LogP contribution in [-0.4, -0.2) is 87.4 Å². The molecule has 0 aliphatic carbocycles. The van der Waals surface area contributed by atoms with Gasteiger partial charge in [-0.25, -0.2) is 0 Å². The average molecular weight is 338 g/mol. The Kier molecular flexibility index (Phi) is 12.2. The van der Waals surface area contributed by atoms with Crippen LogP contribution in [0.2, 0.25) is 13.1 Å². The number of hydrogen-bond donors (Lipinski definition) is 0. The summed E-state index contributed by atoms with van der Waals surface area (Å²) in [5.41, 5.74) is 0. The second kappa shape index (κ2) is 13.4. The highest BCUT2D eigenvalue weighted by Crippen LogP contribution is 2.05. The Bertz CT molecular complexity index is 231. The smallest absolute Gasteiger partial charge is 0.215 e. The van der Waals surface area contributed by atoms with Gasteiger partial charge in [0.25, 0.3) is 0 Å². The summed E-state index contributed by atoms with van der Waals surface area (Å²) in [5, 5.41) is 0. The molecule has 8 heteroatoms. The van der Waals surface area contributed by atoms with E-state index in [-0.39, 0.29) is 6.79 Å². The monoisotopic (exact) mass is 338 g/mol. The second-order valence-electron chi connectivity index (χ2n) is 5.43. The van der Waals surface area contributed by atoms with Gasteiger partial charge in [-0.2, -0.15) is 0 Å². The Morgan fingerprint density at radius 1 is 0.500 bits per heavy atom. The van der Waals surface area contributed by atoms with Gasteiger partial charge in [-0.3, -0.25) is 0 Å². The highest BCUT2D eigenvalue weighted by Gasteiger charge is 2.22. The van der Waals surface area contributed by atoms with E-state index in [0.29, 0.717) is 72.3 Å². The van der Waals surface area contributed by atoms with Crippen LogP contribution in [0, 0.1) is 0 Å². The maximum atomic E-state index is 5.76. The molecule has 0 unspecified atom stereocenters. The first kappa shape index (κ1) is 20.0. The van der Waals surface area contributed by atoms with Crippen molar-refractivity contribution in [2.45, 2.75) is 13.1 Å². The van der Waals surface area contributed by atoms with E-state index in [9.17, 15) is 0 Å². The Hall–Kier alpha value is -0.0631. The summed E-state index contributed by atoms with van der Waals surface area (Å²) in [5.74, 6) is 0. The number of rotatable bonds is 0. The highest BCUT2D eigenvalue weighted by molar-refractivity contribution is 6.71. The molecule has 132 valence electrons. The van der Waals surface area contributed by atoms with Crippen molar-refractivity contribution in [1.82, 2.24) is 0 Å². The summed E-state index contributed by atoms with van der Waals surface area (Å²) >= 11 is 0. The lowest BCUT2D eigenvalue weighted by atomic mass is 10.7. The number of hydrogen-bond acceptors (Lipinski definition) is 7. The third-order valence-electron chi connectivity index (χ3n) is 2.84. The Balaban J connectivity index is 2.17. The molecule has 0 bridgehead atoms. The van der Waals surface area contributed by atoms with Crippen LogP contribution in [0.15, 0.2) is 0 Å². The van der Waals surface area contributed by atoms with Crippen LogP contribution >= 0.6 is 0 Å². The van der Waals surface area contributed by atoms with Gasteiger partial charge < -0.3 is 32.8 Å². The molecule has 0 aromatic rings. The SMILES string of the molecule is C[Si]1(C)COCCOCCOCCOCCOCCOCO1. The summed E-state index contributed by atoms with van der Waals surface area (Å²) in [6.45, 7) is 10.1. The molecule has 1 rings (SSSR count).